The molecule has 8 heteroatoms. The molecule has 0 bridgehead atoms. The van der Waals surface area contributed by atoms with Crippen LogP contribution in [0.25, 0.3) is 10.9 Å². The number of nitrogens with one attached hydrogen (secondary N) is 2. The fourth-order valence-electron chi connectivity index (χ4n) is 3.94. The molecule has 1 saturated carbocycles. The average molecular weight is 462 g/mol. The van der Waals surface area contributed by atoms with Crippen molar-refractivity contribution in [1.29, 1.82) is 0 Å². The molecule has 32 heavy (non-hydrogen) atoms. The summed E-state index contributed by atoms with van der Waals surface area (Å²) in [6, 6.07) is 5.65. The van der Waals surface area contributed by atoms with E-state index in [4.69, 9.17) is 21.1 Å². The molecule has 7 nitrogen and oxygen atoms in total. The number of rotatable bonds is 6. The maximum atomic E-state index is 12.5. The Morgan fingerprint density at radius 2 is 1.91 bits per heavy atom. The van der Waals surface area contributed by atoms with Crippen LogP contribution in [0.4, 0.5) is 10.5 Å². The molecule has 1 fully saturated rings. The van der Waals surface area contributed by atoms with Crippen LogP contribution < -0.4 is 10.6 Å². The van der Waals surface area contributed by atoms with E-state index >= 15 is 0 Å². The number of halogens is 1. The van der Waals surface area contributed by atoms with Crippen LogP contribution in [0.2, 0.25) is 5.02 Å². The number of hydrogen-bond donors (Lipinski definition) is 2. The number of benzene rings is 1. The number of anilines is 1. The van der Waals surface area contributed by atoms with Gasteiger partial charge >= 0.3 is 12.1 Å². The van der Waals surface area contributed by atoms with Crippen LogP contribution in [0.1, 0.15) is 63.7 Å². The summed E-state index contributed by atoms with van der Waals surface area (Å²) in [5.74, 6) is -0.00616. The summed E-state index contributed by atoms with van der Waals surface area (Å²) in [6.45, 7) is 8.23. The maximum absolute atomic E-state index is 12.5. The first-order chi connectivity index (χ1) is 15.2. The van der Waals surface area contributed by atoms with Crippen LogP contribution in [-0.4, -0.2) is 41.8 Å². The van der Waals surface area contributed by atoms with E-state index in [0.717, 1.165) is 36.6 Å². The minimum absolute atomic E-state index is 0.200. The Hall–Kier alpha value is -2.54. The fraction of sp³-hybridized carbons (Fsp3) is 0.542. The molecule has 2 aromatic rings. The first kappa shape index (κ1) is 24.1. The molecule has 0 spiro atoms. The Labute approximate surface area is 194 Å². The number of fused-ring (bicyclic) bond motifs is 1. The molecule has 0 unspecified atom stereocenters. The highest BCUT2D eigenvalue weighted by Gasteiger charge is 2.25. The largest absolute Gasteiger partial charge is 0.462 e. The van der Waals surface area contributed by atoms with Gasteiger partial charge in [0.2, 0.25) is 0 Å². The zero-order chi connectivity index (χ0) is 23.3. The standard InChI is InChI=1S/C24H32ClN3O4/c1-5-31-22(29)19-14-26-20-11-8-16(25)12-18(20)21(19)28-17-9-6-15(7-10-17)13-27-23(30)32-24(2,3)4/h8,11-12,14-15,17H,5-7,9-10,13H2,1-4H3,(H,26,28)(H,27,30)/t15-,17-. The molecule has 0 atom stereocenters. The summed E-state index contributed by atoms with van der Waals surface area (Å²) in [6.07, 6.45) is 4.96. The highest BCUT2D eigenvalue weighted by molar-refractivity contribution is 6.31. The molecule has 1 aliphatic rings. The van der Waals surface area contributed by atoms with Gasteiger partial charge in [0.05, 0.1) is 17.8 Å². The number of amides is 1. The van der Waals surface area contributed by atoms with Gasteiger partial charge in [-0.2, -0.15) is 0 Å². The van der Waals surface area contributed by atoms with Crippen LogP contribution in [0.5, 0.6) is 0 Å². The number of aromatic nitrogens is 1. The lowest BCUT2D eigenvalue weighted by Gasteiger charge is -2.31. The average Bonchev–Trinajstić information content (AvgIpc) is 2.72. The van der Waals surface area contributed by atoms with E-state index in [0.29, 0.717) is 35.3 Å². The second-order valence-corrected chi connectivity index (χ2v) is 9.61. The molecule has 174 valence electrons. The van der Waals surface area contributed by atoms with Crippen molar-refractivity contribution in [3.63, 3.8) is 0 Å². The van der Waals surface area contributed by atoms with Crippen molar-refractivity contribution in [3.05, 3.63) is 35.0 Å². The van der Waals surface area contributed by atoms with E-state index in [9.17, 15) is 9.59 Å². The van der Waals surface area contributed by atoms with E-state index < -0.39 is 11.6 Å². The molecular weight excluding hydrogens is 430 g/mol. The third-order valence-electron chi connectivity index (χ3n) is 5.45. The van der Waals surface area contributed by atoms with Crippen molar-refractivity contribution in [3.8, 4) is 0 Å². The second kappa shape index (κ2) is 10.4. The first-order valence-electron chi connectivity index (χ1n) is 11.1. The lowest BCUT2D eigenvalue weighted by atomic mass is 9.85. The Bertz CT molecular complexity index is 966. The number of esters is 1. The minimum Gasteiger partial charge on any atom is -0.462 e. The van der Waals surface area contributed by atoms with Gasteiger partial charge in [0.25, 0.3) is 0 Å². The molecule has 1 amide bonds. The molecule has 0 radical (unpaired) electrons. The smallest absolute Gasteiger partial charge is 0.407 e. The molecular formula is C24H32ClN3O4. The lowest BCUT2D eigenvalue weighted by molar-refractivity contribution is 0.0510. The number of alkyl carbamates (subject to hydrolysis) is 1. The number of carbonyl (C=O) groups excluding carboxylic acids is 2. The van der Waals surface area contributed by atoms with Crippen LogP contribution in [-0.2, 0) is 9.47 Å². The van der Waals surface area contributed by atoms with Gasteiger partial charge in [0, 0.05) is 29.2 Å². The predicted octanol–water partition coefficient (Wildman–Crippen LogP) is 5.56. The van der Waals surface area contributed by atoms with Crippen molar-refractivity contribution >= 4 is 40.3 Å². The number of hydrogen-bond acceptors (Lipinski definition) is 6. The van der Waals surface area contributed by atoms with E-state index in [1.165, 1.54) is 0 Å². The van der Waals surface area contributed by atoms with Gasteiger partial charge in [0.1, 0.15) is 11.2 Å². The Kier molecular flexibility index (Phi) is 7.82. The van der Waals surface area contributed by atoms with E-state index in [2.05, 4.69) is 15.6 Å². The summed E-state index contributed by atoms with van der Waals surface area (Å²) in [4.78, 5) is 28.9. The van der Waals surface area contributed by atoms with Crippen LogP contribution >= 0.6 is 11.6 Å². The third kappa shape index (κ3) is 6.48. The molecule has 1 aromatic carbocycles. The molecule has 1 aromatic heterocycles. The fourth-order valence-corrected chi connectivity index (χ4v) is 4.11. The maximum Gasteiger partial charge on any atom is 0.407 e. The summed E-state index contributed by atoms with van der Waals surface area (Å²) in [5.41, 5.74) is 1.39. The first-order valence-corrected chi connectivity index (χ1v) is 11.5. The number of nitrogens with zero attached hydrogens (tertiary/aromatic N) is 1. The minimum atomic E-state index is -0.501. The number of carbonyl (C=O) groups is 2. The van der Waals surface area contributed by atoms with Crippen LogP contribution in [0.15, 0.2) is 24.4 Å². The van der Waals surface area contributed by atoms with Crippen LogP contribution in [0.3, 0.4) is 0 Å². The molecule has 2 N–H and O–H groups in total. The normalized spacial score (nSPS) is 18.8. The SMILES string of the molecule is CCOC(=O)c1cnc2ccc(Cl)cc2c1N[C@H]1CC[C@H](CNC(=O)OC(C)(C)C)CC1. The number of pyridine rings is 1. The van der Waals surface area contributed by atoms with E-state index in [1.54, 1.807) is 19.2 Å². The van der Waals surface area contributed by atoms with Crippen molar-refractivity contribution in [2.24, 2.45) is 5.92 Å². The highest BCUT2D eigenvalue weighted by atomic mass is 35.5. The van der Waals surface area contributed by atoms with Crippen molar-refractivity contribution in [2.45, 2.75) is 65.0 Å². The highest BCUT2D eigenvalue weighted by Crippen LogP contribution is 2.33. The zero-order valence-electron chi connectivity index (χ0n) is 19.2. The van der Waals surface area contributed by atoms with Crippen LogP contribution in [0, 0.1) is 5.92 Å². The van der Waals surface area contributed by atoms with Gasteiger partial charge in [-0.15, -0.1) is 0 Å². The van der Waals surface area contributed by atoms with Crippen molar-refractivity contribution in [2.75, 3.05) is 18.5 Å². The van der Waals surface area contributed by atoms with Crippen molar-refractivity contribution in [1.82, 2.24) is 10.3 Å². The van der Waals surface area contributed by atoms with Gasteiger partial charge in [-0.05, 0) is 77.5 Å². The van der Waals surface area contributed by atoms with Gasteiger partial charge in [-0.3, -0.25) is 4.98 Å². The summed E-state index contributed by atoms with van der Waals surface area (Å²) in [7, 11) is 0. The molecule has 3 rings (SSSR count). The van der Waals surface area contributed by atoms with E-state index in [-0.39, 0.29) is 12.1 Å². The summed E-state index contributed by atoms with van der Waals surface area (Å²) >= 11 is 6.23. The van der Waals surface area contributed by atoms with Gasteiger partial charge < -0.3 is 20.1 Å². The second-order valence-electron chi connectivity index (χ2n) is 9.17. The Balaban J connectivity index is 1.67. The van der Waals surface area contributed by atoms with Gasteiger partial charge in [-0.1, -0.05) is 11.6 Å². The molecule has 1 heterocycles. The lowest BCUT2D eigenvalue weighted by Crippen LogP contribution is -2.37. The van der Waals surface area contributed by atoms with E-state index in [1.807, 2.05) is 32.9 Å². The molecule has 0 saturated heterocycles. The van der Waals surface area contributed by atoms with Gasteiger partial charge in [0.15, 0.2) is 0 Å². The molecule has 0 aliphatic heterocycles. The van der Waals surface area contributed by atoms with Crippen molar-refractivity contribution < 1.29 is 19.1 Å². The Morgan fingerprint density at radius 3 is 2.56 bits per heavy atom. The predicted molar refractivity (Wildman–Crippen MR) is 126 cm³/mol. The summed E-state index contributed by atoms with van der Waals surface area (Å²) < 4.78 is 10.6. The molecule has 1 aliphatic carbocycles. The zero-order valence-corrected chi connectivity index (χ0v) is 19.9. The monoisotopic (exact) mass is 461 g/mol. The Morgan fingerprint density at radius 1 is 1.19 bits per heavy atom. The number of ether oxygens (including phenoxy) is 2. The van der Waals surface area contributed by atoms with Gasteiger partial charge in [-0.25, -0.2) is 9.59 Å². The third-order valence-corrected chi connectivity index (χ3v) is 5.69. The summed E-state index contributed by atoms with van der Waals surface area (Å²) in [5, 5.41) is 7.83. The quantitative estimate of drug-likeness (QED) is 0.547. The topological polar surface area (TPSA) is 89.5 Å².